The molecule has 0 spiro atoms. The average Bonchev–Trinajstić information content (AvgIpc) is 3.20. The molecule has 152 valence electrons. The molecule has 0 bridgehead atoms. The summed E-state index contributed by atoms with van der Waals surface area (Å²) in [4.78, 5) is 22.8. The molecular weight excluding hydrogens is 354 g/mol. The summed E-state index contributed by atoms with van der Waals surface area (Å²) >= 11 is 0. The Morgan fingerprint density at radius 1 is 1.11 bits per heavy atom. The number of carbonyl (C=O) groups is 1. The second kappa shape index (κ2) is 8.54. The number of nitrogens with zero attached hydrogens (tertiary/aromatic N) is 4. The lowest BCUT2D eigenvalue weighted by Crippen LogP contribution is -2.53. The Bertz CT molecular complexity index is 737. The van der Waals surface area contributed by atoms with E-state index >= 15 is 0 Å². The molecular formula is C21H31N5O2. The van der Waals surface area contributed by atoms with Crippen LogP contribution in [0.25, 0.3) is 0 Å². The molecule has 1 aromatic carbocycles. The van der Waals surface area contributed by atoms with Crippen LogP contribution in [0, 0.1) is 0 Å². The van der Waals surface area contributed by atoms with Gasteiger partial charge in [-0.1, -0.05) is 24.3 Å². The van der Waals surface area contributed by atoms with E-state index in [2.05, 4.69) is 46.3 Å². The van der Waals surface area contributed by atoms with Crippen molar-refractivity contribution in [2.45, 2.75) is 32.9 Å². The zero-order valence-corrected chi connectivity index (χ0v) is 17.1. The Balaban J connectivity index is 1.51. The fraction of sp³-hybridized carbons (Fsp3) is 0.524. The van der Waals surface area contributed by atoms with Gasteiger partial charge in [-0.3, -0.25) is 0 Å². The van der Waals surface area contributed by atoms with Crippen LogP contribution in [0.5, 0.6) is 0 Å². The molecule has 0 aromatic heterocycles. The van der Waals surface area contributed by atoms with Gasteiger partial charge in [0.25, 0.3) is 0 Å². The van der Waals surface area contributed by atoms with E-state index in [0.717, 1.165) is 18.7 Å². The van der Waals surface area contributed by atoms with Crippen LogP contribution < -0.4 is 10.6 Å². The highest BCUT2D eigenvalue weighted by molar-refractivity contribution is 5.78. The standard InChI is InChI=1S/C21H31N5O2/c1-21(2,3)28-20(27)26-13-11-25(12-14-26)19(22)23-16-17-7-6-8-18(15-17)24-9-4-5-10-24/h4-8,15H,9-14,16H2,1-3H3,(H2,22,23). The monoisotopic (exact) mass is 385 g/mol. The van der Waals surface area contributed by atoms with E-state index in [9.17, 15) is 4.79 Å². The number of carbonyl (C=O) groups excluding carboxylic acids is 1. The topological polar surface area (TPSA) is 74.4 Å². The molecule has 7 heteroatoms. The van der Waals surface area contributed by atoms with Gasteiger partial charge in [-0.2, -0.15) is 0 Å². The lowest BCUT2D eigenvalue weighted by molar-refractivity contribution is 0.0186. The van der Waals surface area contributed by atoms with Gasteiger partial charge in [0.15, 0.2) is 5.96 Å². The van der Waals surface area contributed by atoms with Gasteiger partial charge in [0, 0.05) is 45.0 Å². The van der Waals surface area contributed by atoms with Crippen molar-refractivity contribution in [3.05, 3.63) is 42.0 Å². The summed E-state index contributed by atoms with van der Waals surface area (Å²) in [5.74, 6) is 0.525. The zero-order chi connectivity index (χ0) is 20.1. The largest absolute Gasteiger partial charge is 0.444 e. The SMILES string of the molecule is CC(C)(C)OC(=O)N1CCN(C(N)=NCc2cccc(N3CC=CC3)c2)CC1. The molecule has 0 radical (unpaired) electrons. The van der Waals surface area contributed by atoms with Crippen LogP contribution >= 0.6 is 0 Å². The van der Waals surface area contributed by atoms with Crippen LogP contribution in [0.2, 0.25) is 0 Å². The summed E-state index contributed by atoms with van der Waals surface area (Å²) in [7, 11) is 0. The maximum atomic E-state index is 12.2. The first kappa shape index (κ1) is 20.0. The highest BCUT2D eigenvalue weighted by Gasteiger charge is 2.26. The van der Waals surface area contributed by atoms with Crippen molar-refractivity contribution < 1.29 is 9.53 Å². The summed E-state index contributed by atoms with van der Waals surface area (Å²) in [6.45, 7) is 10.6. The van der Waals surface area contributed by atoms with Crippen LogP contribution in [-0.4, -0.2) is 66.7 Å². The summed E-state index contributed by atoms with van der Waals surface area (Å²) in [6, 6.07) is 8.43. The van der Waals surface area contributed by atoms with E-state index in [1.807, 2.05) is 25.7 Å². The van der Waals surface area contributed by atoms with Crippen molar-refractivity contribution >= 4 is 17.7 Å². The minimum Gasteiger partial charge on any atom is -0.444 e. The lowest BCUT2D eigenvalue weighted by atomic mass is 10.2. The predicted octanol–water partition coefficient (Wildman–Crippen LogP) is 2.43. The van der Waals surface area contributed by atoms with Gasteiger partial charge >= 0.3 is 6.09 Å². The van der Waals surface area contributed by atoms with Crippen LogP contribution in [0.15, 0.2) is 41.4 Å². The van der Waals surface area contributed by atoms with Gasteiger partial charge in [-0.25, -0.2) is 9.79 Å². The first-order valence-electron chi connectivity index (χ1n) is 9.83. The number of anilines is 1. The molecule has 0 unspecified atom stereocenters. The number of nitrogens with two attached hydrogens (primary N) is 1. The number of aliphatic imine (C=N–C) groups is 1. The number of hydrogen-bond acceptors (Lipinski definition) is 4. The second-order valence-electron chi connectivity index (χ2n) is 8.18. The van der Waals surface area contributed by atoms with Crippen LogP contribution in [0.1, 0.15) is 26.3 Å². The molecule has 1 saturated heterocycles. The number of rotatable bonds is 3. The van der Waals surface area contributed by atoms with E-state index in [4.69, 9.17) is 10.5 Å². The van der Waals surface area contributed by atoms with Crippen LogP contribution in [-0.2, 0) is 11.3 Å². The van der Waals surface area contributed by atoms with Crippen molar-refractivity contribution in [3.63, 3.8) is 0 Å². The maximum Gasteiger partial charge on any atom is 0.410 e. The first-order valence-corrected chi connectivity index (χ1v) is 9.83. The predicted molar refractivity (Wildman–Crippen MR) is 113 cm³/mol. The van der Waals surface area contributed by atoms with Crippen LogP contribution in [0.3, 0.4) is 0 Å². The van der Waals surface area contributed by atoms with E-state index in [0.29, 0.717) is 38.7 Å². The smallest absolute Gasteiger partial charge is 0.410 e. The fourth-order valence-corrected chi connectivity index (χ4v) is 3.26. The summed E-state index contributed by atoms with van der Waals surface area (Å²) in [5, 5.41) is 0. The third-order valence-corrected chi connectivity index (χ3v) is 4.77. The van der Waals surface area contributed by atoms with Crippen LogP contribution in [0.4, 0.5) is 10.5 Å². The molecule has 2 heterocycles. The molecule has 2 aliphatic rings. The van der Waals surface area contributed by atoms with Gasteiger partial charge in [0.05, 0.1) is 6.54 Å². The molecule has 3 rings (SSSR count). The summed E-state index contributed by atoms with van der Waals surface area (Å²) < 4.78 is 5.43. The number of piperazine rings is 1. The Labute approximate surface area is 167 Å². The van der Waals surface area contributed by atoms with Gasteiger partial charge < -0.3 is 25.2 Å². The van der Waals surface area contributed by atoms with Crippen molar-refractivity contribution in [1.29, 1.82) is 0 Å². The summed E-state index contributed by atoms with van der Waals surface area (Å²) in [5.41, 5.74) is 8.07. The maximum absolute atomic E-state index is 12.2. The third-order valence-electron chi connectivity index (χ3n) is 4.77. The van der Waals surface area contributed by atoms with Crippen molar-refractivity contribution in [1.82, 2.24) is 9.80 Å². The van der Waals surface area contributed by atoms with Crippen molar-refractivity contribution in [2.24, 2.45) is 10.7 Å². The Morgan fingerprint density at radius 3 is 2.39 bits per heavy atom. The average molecular weight is 386 g/mol. The van der Waals surface area contributed by atoms with E-state index in [1.54, 1.807) is 4.90 Å². The molecule has 0 aliphatic carbocycles. The Morgan fingerprint density at radius 2 is 1.75 bits per heavy atom. The number of hydrogen-bond donors (Lipinski definition) is 1. The fourth-order valence-electron chi connectivity index (χ4n) is 3.26. The van der Waals surface area contributed by atoms with Gasteiger partial charge in [-0.15, -0.1) is 0 Å². The molecule has 28 heavy (non-hydrogen) atoms. The van der Waals surface area contributed by atoms with E-state index in [-0.39, 0.29) is 6.09 Å². The molecule has 1 fully saturated rings. The minimum absolute atomic E-state index is 0.268. The Kier molecular flexibility index (Phi) is 6.11. The second-order valence-corrected chi connectivity index (χ2v) is 8.18. The van der Waals surface area contributed by atoms with Gasteiger partial charge in [0.1, 0.15) is 5.60 Å². The number of guanidine groups is 1. The Hall–Kier alpha value is -2.70. The number of amides is 1. The molecule has 0 atom stereocenters. The first-order chi connectivity index (χ1) is 13.3. The molecule has 0 saturated carbocycles. The molecule has 1 amide bonds. The molecule has 2 aliphatic heterocycles. The number of benzene rings is 1. The van der Waals surface area contributed by atoms with Gasteiger partial charge in [-0.05, 0) is 38.5 Å². The quantitative estimate of drug-likeness (QED) is 0.491. The van der Waals surface area contributed by atoms with Gasteiger partial charge in [0.2, 0.25) is 0 Å². The third kappa shape index (κ3) is 5.41. The van der Waals surface area contributed by atoms with Crippen molar-refractivity contribution in [2.75, 3.05) is 44.2 Å². The minimum atomic E-state index is -0.478. The summed E-state index contributed by atoms with van der Waals surface area (Å²) in [6.07, 6.45) is 4.09. The lowest BCUT2D eigenvalue weighted by Gasteiger charge is -2.36. The molecule has 1 aromatic rings. The highest BCUT2D eigenvalue weighted by Crippen LogP contribution is 2.19. The molecule has 2 N–H and O–H groups in total. The highest BCUT2D eigenvalue weighted by atomic mass is 16.6. The van der Waals surface area contributed by atoms with E-state index in [1.165, 1.54) is 5.69 Å². The number of ether oxygens (including phenoxy) is 1. The normalized spacial score (nSPS) is 18.0. The zero-order valence-electron chi connectivity index (χ0n) is 17.1. The van der Waals surface area contributed by atoms with E-state index < -0.39 is 5.60 Å². The van der Waals surface area contributed by atoms with Crippen molar-refractivity contribution in [3.8, 4) is 0 Å². The molecule has 7 nitrogen and oxygen atoms in total.